The van der Waals surface area contributed by atoms with Gasteiger partial charge < -0.3 is 10.6 Å². The number of carbonyl (C=O) groups excluding carboxylic acids is 1. The van der Waals surface area contributed by atoms with E-state index in [9.17, 15) is 9.18 Å². The Kier molecular flexibility index (Phi) is 6.66. The zero-order chi connectivity index (χ0) is 17.4. The molecule has 0 fully saturated rings. The summed E-state index contributed by atoms with van der Waals surface area (Å²) in [5, 5.41) is 5.96. The maximum atomic E-state index is 12.9. The van der Waals surface area contributed by atoms with Gasteiger partial charge in [0.05, 0.1) is 0 Å². The predicted molar refractivity (Wildman–Crippen MR) is 92.6 cm³/mol. The largest absolute Gasteiger partial charge is 0.354 e. The molecule has 2 N–H and O–H groups in total. The summed E-state index contributed by atoms with van der Waals surface area (Å²) in [5.74, 6) is -0.0179. The summed E-state index contributed by atoms with van der Waals surface area (Å²) in [7, 11) is 0. The average Bonchev–Trinajstić information content (AvgIpc) is 2.56. The van der Waals surface area contributed by atoms with Gasteiger partial charge in [0.15, 0.2) is 0 Å². The maximum Gasteiger partial charge on any atom is 0.270 e. The number of amides is 1. The predicted octanol–water partition coefficient (Wildman–Crippen LogP) is 3.11. The second-order valence-corrected chi connectivity index (χ2v) is 5.63. The van der Waals surface area contributed by atoms with Crippen molar-refractivity contribution in [3.05, 3.63) is 53.1 Å². The number of aryl methyl sites for hydroxylation is 1. The quantitative estimate of drug-likeness (QED) is 0.730. The zero-order valence-corrected chi connectivity index (χ0v) is 14.1. The van der Waals surface area contributed by atoms with Crippen molar-refractivity contribution in [3.63, 3.8) is 0 Å². The molecule has 2 rings (SSSR count). The van der Waals surface area contributed by atoms with E-state index >= 15 is 0 Å². The third-order valence-corrected chi connectivity index (χ3v) is 3.51. The second kappa shape index (κ2) is 8.96. The van der Waals surface area contributed by atoms with Crippen molar-refractivity contribution in [1.82, 2.24) is 15.3 Å². The molecular weight excluding hydrogens is 307 g/mol. The van der Waals surface area contributed by atoms with Gasteiger partial charge in [0.2, 0.25) is 5.95 Å². The summed E-state index contributed by atoms with van der Waals surface area (Å²) >= 11 is 0. The van der Waals surface area contributed by atoms with Gasteiger partial charge in [0.1, 0.15) is 11.5 Å². The van der Waals surface area contributed by atoms with Crippen LogP contribution in [0.1, 0.15) is 41.5 Å². The van der Waals surface area contributed by atoms with E-state index in [0.29, 0.717) is 24.6 Å². The molecule has 0 spiro atoms. The number of aromatic nitrogens is 2. The van der Waals surface area contributed by atoms with Crippen LogP contribution in [-0.4, -0.2) is 29.0 Å². The minimum absolute atomic E-state index is 0.235. The van der Waals surface area contributed by atoms with Crippen LogP contribution in [0.4, 0.5) is 10.3 Å². The fourth-order valence-electron chi connectivity index (χ4n) is 2.20. The van der Waals surface area contributed by atoms with Crippen LogP contribution in [-0.2, 0) is 6.42 Å². The van der Waals surface area contributed by atoms with Crippen molar-refractivity contribution in [3.8, 4) is 0 Å². The van der Waals surface area contributed by atoms with E-state index in [4.69, 9.17) is 0 Å². The highest BCUT2D eigenvalue weighted by Crippen LogP contribution is 2.06. The lowest BCUT2D eigenvalue weighted by Crippen LogP contribution is -2.27. The van der Waals surface area contributed by atoms with Crippen LogP contribution < -0.4 is 10.6 Å². The van der Waals surface area contributed by atoms with Gasteiger partial charge in [-0.15, -0.1) is 0 Å². The Morgan fingerprint density at radius 3 is 2.62 bits per heavy atom. The van der Waals surface area contributed by atoms with E-state index in [-0.39, 0.29) is 11.7 Å². The number of nitrogens with one attached hydrogen (secondary N) is 2. The third-order valence-electron chi connectivity index (χ3n) is 3.51. The van der Waals surface area contributed by atoms with Crippen LogP contribution in [0, 0.1) is 12.7 Å². The van der Waals surface area contributed by atoms with Crippen LogP contribution in [0.5, 0.6) is 0 Å². The highest BCUT2D eigenvalue weighted by molar-refractivity contribution is 5.92. The number of unbranched alkanes of at least 4 members (excludes halogenated alkanes) is 1. The van der Waals surface area contributed by atoms with Crippen molar-refractivity contribution < 1.29 is 9.18 Å². The van der Waals surface area contributed by atoms with E-state index in [2.05, 4.69) is 27.5 Å². The van der Waals surface area contributed by atoms with Gasteiger partial charge in [-0.2, -0.15) is 0 Å². The lowest BCUT2D eigenvalue weighted by molar-refractivity contribution is 0.0949. The Labute approximate surface area is 141 Å². The average molecular weight is 330 g/mol. The topological polar surface area (TPSA) is 66.9 Å². The third kappa shape index (κ3) is 5.61. The number of anilines is 1. The number of halogens is 1. The molecule has 2 aromatic rings. The molecule has 1 amide bonds. The molecule has 1 aromatic carbocycles. The van der Waals surface area contributed by atoms with E-state index in [1.165, 1.54) is 12.1 Å². The minimum atomic E-state index is -0.262. The standard InChI is InChI=1S/C18H23FN4O/c1-3-4-10-21-18-22-13(2)12-16(23-18)17(24)20-11-9-14-5-7-15(19)8-6-14/h5-8,12H,3-4,9-11H2,1-2H3,(H,20,24)(H,21,22,23). The van der Waals surface area contributed by atoms with E-state index in [1.54, 1.807) is 18.2 Å². The molecule has 0 unspecified atom stereocenters. The monoisotopic (exact) mass is 330 g/mol. The molecule has 1 heterocycles. The highest BCUT2D eigenvalue weighted by Gasteiger charge is 2.10. The maximum absolute atomic E-state index is 12.9. The summed E-state index contributed by atoms with van der Waals surface area (Å²) < 4.78 is 12.9. The number of hydrogen-bond donors (Lipinski definition) is 2. The highest BCUT2D eigenvalue weighted by atomic mass is 19.1. The molecule has 0 saturated carbocycles. The molecule has 0 bridgehead atoms. The lowest BCUT2D eigenvalue weighted by Gasteiger charge is -2.08. The molecule has 1 aromatic heterocycles. The summed E-state index contributed by atoms with van der Waals surface area (Å²) in [6, 6.07) is 7.93. The smallest absolute Gasteiger partial charge is 0.270 e. The van der Waals surface area contributed by atoms with E-state index < -0.39 is 0 Å². The molecule has 6 heteroatoms. The van der Waals surface area contributed by atoms with E-state index in [1.807, 2.05) is 6.92 Å². The Balaban J connectivity index is 1.90. The molecule has 0 saturated heterocycles. The zero-order valence-electron chi connectivity index (χ0n) is 14.1. The van der Waals surface area contributed by atoms with Crippen LogP contribution >= 0.6 is 0 Å². The summed E-state index contributed by atoms with van der Waals surface area (Å²) in [4.78, 5) is 20.8. The number of benzene rings is 1. The van der Waals surface area contributed by atoms with Crippen molar-refractivity contribution in [1.29, 1.82) is 0 Å². The molecule has 128 valence electrons. The summed E-state index contributed by atoms with van der Waals surface area (Å²) in [6.07, 6.45) is 2.74. The number of rotatable bonds is 8. The Bertz CT molecular complexity index is 673. The fourth-order valence-corrected chi connectivity index (χ4v) is 2.20. The van der Waals surface area contributed by atoms with Gasteiger partial charge in [-0.3, -0.25) is 4.79 Å². The molecular formula is C18H23FN4O. The number of carbonyl (C=O) groups is 1. The van der Waals surface area contributed by atoms with Gasteiger partial charge >= 0.3 is 0 Å². The SMILES string of the molecule is CCCCNc1nc(C)cc(C(=O)NCCc2ccc(F)cc2)n1. The minimum Gasteiger partial charge on any atom is -0.354 e. The normalized spacial score (nSPS) is 10.5. The number of hydrogen-bond acceptors (Lipinski definition) is 4. The first kappa shape index (κ1) is 17.8. The summed E-state index contributed by atoms with van der Waals surface area (Å²) in [6.45, 7) is 5.19. The van der Waals surface area contributed by atoms with Crippen molar-refractivity contribution in [2.75, 3.05) is 18.4 Å². The molecule has 0 atom stereocenters. The van der Waals surface area contributed by atoms with Crippen LogP contribution in [0.2, 0.25) is 0 Å². The lowest BCUT2D eigenvalue weighted by atomic mass is 10.1. The van der Waals surface area contributed by atoms with Crippen LogP contribution in [0.15, 0.2) is 30.3 Å². The van der Waals surface area contributed by atoms with Gasteiger partial charge in [-0.1, -0.05) is 25.5 Å². The first-order valence-electron chi connectivity index (χ1n) is 8.20. The molecule has 5 nitrogen and oxygen atoms in total. The molecule has 24 heavy (non-hydrogen) atoms. The Hall–Kier alpha value is -2.50. The Morgan fingerprint density at radius 1 is 1.17 bits per heavy atom. The molecule has 0 radical (unpaired) electrons. The van der Waals surface area contributed by atoms with E-state index in [0.717, 1.165) is 30.6 Å². The number of nitrogens with zero attached hydrogens (tertiary/aromatic N) is 2. The first-order chi connectivity index (χ1) is 11.6. The fraction of sp³-hybridized carbons (Fsp3) is 0.389. The van der Waals surface area contributed by atoms with Crippen LogP contribution in [0.25, 0.3) is 0 Å². The Morgan fingerprint density at radius 2 is 1.92 bits per heavy atom. The van der Waals surface area contributed by atoms with Gasteiger partial charge in [0.25, 0.3) is 5.91 Å². The second-order valence-electron chi connectivity index (χ2n) is 5.63. The van der Waals surface area contributed by atoms with Crippen molar-refractivity contribution in [2.45, 2.75) is 33.1 Å². The van der Waals surface area contributed by atoms with Crippen LogP contribution in [0.3, 0.4) is 0 Å². The molecule has 0 aliphatic carbocycles. The molecule has 0 aliphatic rings. The van der Waals surface area contributed by atoms with Crippen molar-refractivity contribution in [2.24, 2.45) is 0 Å². The molecule has 0 aliphatic heterocycles. The van der Waals surface area contributed by atoms with Crippen molar-refractivity contribution >= 4 is 11.9 Å². The summed E-state index contributed by atoms with van der Waals surface area (Å²) in [5.41, 5.74) is 2.06. The first-order valence-corrected chi connectivity index (χ1v) is 8.20. The van der Waals surface area contributed by atoms with Gasteiger partial charge in [-0.05, 0) is 43.5 Å². The van der Waals surface area contributed by atoms with Gasteiger partial charge in [0, 0.05) is 18.8 Å². The van der Waals surface area contributed by atoms with Gasteiger partial charge in [-0.25, -0.2) is 14.4 Å².